The maximum Gasteiger partial charge on any atom is 0.407 e. The lowest BCUT2D eigenvalue weighted by molar-refractivity contribution is 0.0524. The molecule has 0 aliphatic heterocycles. The summed E-state index contributed by atoms with van der Waals surface area (Å²) >= 11 is 0. The van der Waals surface area contributed by atoms with Crippen LogP contribution < -0.4 is 10.1 Å². The van der Waals surface area contributed by atoms with E-state index in [1.807, 2.05) is 0 Å². The summed E-state index contributed by atoms with van der Waals surface area (Å²) in [5, 5.41) is 2.63. The number of ether oxygens (including phenoxy) is 3. The predicted molar refractivity (Wildman–Crippen MR) is 86.7 cm³/mol. The van der Waals surface area contributed by atoms with Crippen LogP contribution >= 0.6 is 0 Å². The highest BCUT2D eigenvalue weighted by Crippen LogP contribution is 2.21. The molecule has 1 aromatic rings. The number of carbonyl (C=O) groups excluding carboxylic acids is 2. The quantitative estimate of drug-likeness (QED) is 0.608. The third-order valence-electron chi connectivity index (χ3n) is 2.85. The SMILES string of the molecule is COC(=O)c1ccc(F)cc1OCCCCNC(=O)OC(C)(C)C. The van der Waals surface area contributed by atoms with Crippen molar-refractivity contribution in [3.63, 3.8) is 0 Å². The zero-order valence-corrected chi connectivity index (χ0v) is 14.5. The van der Waals surface area contributed by atoms with Gasteiger partial charge in [0.25, 0.3) is 0 Å². The first-order valence-electron chi connectivity index (χ1n) is 7.70. The van der Waals surface area contributed by atoms with Crippen LogP contribution in [0.3, 0.4) is 0 Å². The smallest absolute Gasteiger partial charge is 0.407 e. The van der Waals surface area contributed by atoms with Gasteiger partial charge in [-0.3, -0.25) is 0 Å². The summed E-state index contributed by atoms with van der Waals surface area (Å²) < 4.78 is 28.5. The number of alkyl carbamates (subject to hydrolysis) is 1. The summed E-state index contributed by atoms with van der Waals surface area (Å²) in [5.74, 6) is -0.942. The molecule has 0 aliphatic rings. The number of hydrogen-bond donors (Lipinski definition) is 1. The van der Waals surface area contributed by atoms with Gasteiger partial charge in [-0.05, 0) is 45.7 Å². The van der Waals surface area contributed by atoms with E-state index in [2.05, 4.69) is 10.1 Å². The highest BCUT2D eigenvalue weighted by molar-refractivity contribution is 5.92. The normalized spacial score (nSPS) is 10.9. The lowest BCUT2D eigenvalue weighted by atomic mass is 10.2. The molecule has 0 spiro atoms. The van der Waals surface area contributed by atoms with Crippen molar-refractivity contribution in [2.45, 2.75) is 39.2 Å². The molecule has 0 unspecified atom stereocenters. The lowest BCUT2D eigenvalue weighted by Gasteiger charge is -2.19. The first kappa shape index (κ1) is 19.7. The largest absolute Gasteiger partial charge is 0.493 e. The zero-order chi connectivity index (χ0) is 18.2. The van der Waals surface area contributed by atoms with Crippen LogP contribution in [0.25, 0.3) is 0 Å². The predicted octanol–water partition coefficient (Wildman–Crippen LogP) is 3.30. The molecule has 134 valence electrons. The molecule has 1 N–H and O–H groups in total. The van der Waals surface area contributed by atoms with Gasteiger partial charge >= 0.3 is 12.1 Å². The van der Waals surface area contributed by atoms with Gasteiger partial charge in [-0.2, -0.15) is 0 Å². The Morgan fingerprint density at radius 1 is 1.21 bits per heavy atom. The maximum atomic E-state index is 13.3. The average molecular weight is 341 g/mol. The number of esters is 1. The lowest BCUT2D eigenvalue weighted by Crippen LogP contribution is -2.33. The molecule has 0 aromatic heterocycles. The molecular weight excluding hydrogens is 317 g/mol. The zero-order valence-electron chi connectivity index (χ0n) is 14.5. The van der Waals surface area contributed by atoms with E-state index in [9.17, 15) is 14.0 Å². The highest BCUT2D eigenvalue weighted by Gasteiger charge is 2.16. The first-order chi connectivity index (χ1) is 11.2. The molecule has 0 fully saturated rings. The molecule has 1 aromatic carbocycles. The topological polar surface area (TPSA) is 73.9 Å². The van der Waals surface area contributed by atoms with Crippen LogP contribution in [0.5, 0.6) is 5.75 Å². The number of halogens is 1. The van der Waals surface area contributed by atoms with E-state index in [4.69, 9.17) is 9.47 Å². The number of carbonyl (C=O) groups is 2. The van der Waals surface area contributed by atoms with Crippen molar-refractivity contribution < 1.29 is 28.2 Å². The van der Waals surface area contributed by atoms with E-state index >= 15 is 0 Å². The van der Waals surface area contributed by atoms with Crippen LogP contribution in [-0.4, -0.2) is 37.9 Å². The van der Waals surface area contributed by atoms with Crippen LogP contribution in [-0.2, 0) is 9.47 Å². The minimum absolute atomic E-state index is 0.141. The Balaban J connectivity index is 2.34. The molecule has 0 saturated carbocycles. The molecule has 0 aliphatic carbocycles. The second-order valence-electron chi connectivity index (χ2n) is 6.12. The fourth-order valence-electron chi connectivity index (χ4n) is 1.81. The molecule has 6 nitrogen and oxygen atoms in total. The Hall–Kier alpha value is -2.31. The van der Waals surface area contributed by atoms with Crippen LogP contribution in [0.15, 0.2) is 18.2 Å². The third-order valence-corrected chi connectivity index (χ3v) is 2.85. The van der Waals surface area contributed by atoms with E-state index in [0.29, 0.717) is 19.4 Å². The van der Waals surface area contributed by atoms with E-state index in [1.165, 1.54) is 19.2 Å². The number of unbranched alkanes of at least 4 members (excludes halogenated alkanes) is 1. The van der Waals surface area contributed by atoms with Crippen molar-refractivity contribution in [1.82, 2.24) is 5.32 Å². The van der Waals surface area contributed by atoms with Crippen molar-refractivity contribution in [2.24, 2.45) is 0 Å². The molecule has 0 bridgehead atoms. The van der Waals surface area contributed by atoms with Gasteiger partial charge in [0.1, 0.15) is 22.7 Å². The number of benzene rings is 1. The Bertz CT molecular complexity index is 569. The Labute approximate surface area is 141 Å². The van der Waals surface area contributed by atoms with E-state index in [-0.39, 0.29) is 17.9 Å². The molecule has 0 saturated heterocycles. The van der Waals surface area contributed by atoms with Crippen LogP contribution in [0, 0.1) is 5.82 Å². The summed E-state index contributed by atoms with van der Waals surface area (Å²) in [6, 6.07) is 3.63. The summed E-state index contributed by atoms with van der Waals surface area (Å²) in [6.45, 7) is 6.09. The molecule has 24 heavy (non-hydrogen) atoms. The van der Waals surface area contributed by atoms with Gasteiger partial charge in [0.2, 0.25) is 0 Å². The molecule has 1 rings (SSSR count). The Morgan fingerprint density at radius 2 is 1.92 bits per heavy atom. The Kier molecular flexibility index (Phi) is 7.48. The van der Waals surface area contributed by atoms with Gasteiger partial charge in [0, 0.05) is 12.6 Å². The first-order valence-corrected chi connectivity index (χ1v) is 7.70. The molecule has 1 amide bonds. The number of amides is 1. The molecular formula is C17H24FNO5. The van der Waals surface area contributed by atoms with Crippen molar-refractivity contribution >= 4 is 12.1 Å². The summed E-state index contributed by atoms with van der Waals surface area (Å²) in [5.41, 5.74) is -0.361. The fraction of sp³-hybridized carbons (Fsp3) is 0.529. The molecule has 0 radical (unpaired) electrons. The van der Waals surface area contributed by atoms with Crippen LogP contribution in [0.4, 0.5) is 9.18 Å². The Morgan fingerprint density at radius 3 is 2.54 bits per heavy atom. The summed E-state index contributed by atoms with van der Waals surface area (Å²) in [7, 11) is 1.25. The van der Waals surface area contributed by atoms with Gasteiger partial charge in [-0.15, -0.1) is 0 Å². The minimum Gasteiger partial charge on any atom is -0.493 e. The standard InChI is InChI=1S/C17H24FNO5/c1-17(2,3)24-16(21)19-9-5-6-10-23-14-11-12(18)7-8-13(14)15(20)22-4/h7-8,11H,5-6,9-10H2,1-4H3,(H,19,21). The van der Waals surface area contributed by atoms with E-state index < -0.39 is 23.5 Å². The molecule has 7 heteroatoms. The van der Waals surface area contributed by atoms with Crippen molar-refractivity contribution in [2.75, 3.05) is 20.3 Å². The van der Waals surface area contributed by atoms with Crippen molar-refractivity contribution in [1.29, 1.82) is 0 Å². The average Bonchev–Trinajstić information content (AvgIpc) is 2.48. The molecule has 0 heterocycles. The minimum atomic E-state index is -0.586. The number of hydrogen-bond acceptors (Lipinski definition) is 5. The van der Waals surface area contributed by atoms with Gasteiger partial charge in [0.15, 0.2) is 0 Å². The van der Waals surface area contributed by atoms with Gasteiger partial charge in [-0.25, -0.2) is 14.0 Å². The van der Waals surface area contributed by atoms with E-state index in [1.54, 1.807) is 20.8 Å². The van der Waals surface area contributed by atoms with Gasteiger partial charge < -0.3 is 19.5 Å². The van der Waals surface area contributed by atoms with Crippen LogP contribution in [0.2, 0.25) is 0 Å². The van der Waals surface area contributed by atoms with Crippen molar-refractivity contribution in [3.05, 3.63) is 29.6 Å². The number of rotatable bonds is 7. The molecule has 0 atom stereocenters. The second-order valence-corrected chi connectivity index (χ2v) is 6.12. The highest BCUT2D eigenvalue weighted by atomic mass is 19.1. The van der Waals surface area contributed by atoms with E-state index in [0.717, 1.165) is 6.07 Å². The fourth-order valence-corrected chi connectivity index (χ4v) is 1.81. The van der Waals surface area contributed by atoms with Gasteiger partial charge in [-0.1, -0.05) is 0 Å². The van der Waals surface area contributed by atoms with Gasteiger partial charge in [0.05, 0.1) is 13.7 Å². The van der Waals surface area contributed by atoms with Crippen LogP contribution in [0.1, 0.15) is 44.0 Å². The maximum absolute atomic E-state index is 13.3. The third kappa shape index (κ3) is 7.30. The monoisotopic (exact) mass is 341 g/mol. The second kappa shape index (κ2) is 9.10. The van der Waals surface area contributed by atoms with Crippen molar-refractivity contribution in [3.8, 4) is 5.75 Å². The number of methoxy groups -OCH3 is 1. The summed E-state index contributed by atoms with van der Waals surface area (Å²) in [4.78, 5) is 23.0. The number of nitrogens with one attached hydrogen (secondary N) is 1. The summed E-state index contributed by atoms with van der Waals surface area (Å²) in [6.07, 6.45) is 0.802.